The molecule has 1 heterocycles. The Morgan fingerprint density at radius 2 is 2.46 bits per heavy atom. The van der Waals surface area contributed by atoms with E-state index in [1.807, 2.05) is 18.2 Å². The Kier molecular flexibility index (Phi) is 1.94. The molecule has 0 aliphatic carbocycles. The van der Waals surface area contributed by atoms with E-state index in [0.717, 1.165) is 16.9 Å². The van der Waals surface area contributed by atoms with Crippen molar-refractivity contribution in [2.75, 3.05) is 7.11 Å². The van der Waals surface area contributed by atoms with Gasteiger partial charge in [-0.2, -0.15) is 0 Å². The Hall–Kier alpha value is -1.48. The smallest absolute Gasteiger partial charge is 0.142 e. The number of rotatable bonds is 1. The van der Waals surface area contributed by atoms with E-state index in [4.69, 9.17) is 10.5 Å². The highest BCUT2D eigenvalue weighted by molar-refractivity contribution is 5.65. The minimum absolute atomic E-state index is 0.161. The first-order valence-corrected chi connectivity index (χ1v) is 4.09. The van der Waals surface area contributed by atoms with E-state index in [2.05, 4.69) is 11.4 Å². The van der Waals surface area contributed by atoms with Gasteiger partial charge < -0.3 is 15.8 Å². The quantitative estimate of drug-likeness (QED) is 0.669. The largest absolute Gasteiger partial charge is 0.495 e. The lowest BCUT2D eigenvalue weighted by atomic mass is 10.0. The molecule has 0 saturated heterocycles. The monoisotopic (exact) mass is 175 g/mol. The van der Waals surface area contributed by atoms with E-state index < -0.39 is 0 Å². The normalized spacial score (nSPS) is 19.8. The molecule has 3 heteroatoms. The number of benzene rings is 1. The van der Waals surface area contributed by atoms with Crippen LogP contribution in [-0.2, 0) is 4.74 Å². The maximum Gasteiger partial charge on any atom is 0.142 e. The molecule has 3 N–H and O–H groups in total. The molecule has 0 fully saturated rings. The van der Waals surface area contributed by atoms with E-state index in [0.29, 0.717) is 0 Å². The third kappa shape index (κ3) is 1.27. The molecule has 1 radical (unpaired) electrons. The molecular weight excluding hydrogens is 164 g/mol. The Labute approximate surface area is 77.2 Å². The van der Waals surface area contributed by atoms with Crippen LogP contribution in [0.4, 0.5) is 0 Å². The van der Waals surface area contributed by atoms with Gasteiger partial charge in [-0.15, -0.1) is 0 Å². The lowest BCUT2D eigenvalue weighted by molar-refractivity contribution is 0.362. The van der Waals surface area contributed by atoms with Crippen LogP contribution in [0.1, 0.15) is 17.3 Å². The van der Waals surface area contributed by atoms with Crippen LogP contribution in [0.3, 0.4) is 0 Å². The minimum atomic E-state index is -0.161. The minimum Gasteiger partial charge on any atom is -0.495 e. The number of methoxy groups -OCH3 is 1. The fourth-order valence-electron chi connectivity index (χ4n) is 1.43. The second-order valence-corrected chi connectivity index (χ2v) is 2.87. The summed E-state index contributed by atoms with van der Waals surface area (Å²) < 4.78 is 5.20. The van der Waals surface area contributed by atoms with Crippen molar-refractivity contribution >= 4 is 5.76 Å². The van der Waals surface area contributed by atoms with Gasteiger partial charge in [-0.1, -0.05) is 12.1 Å². The fourth-order valence-corrected chi connectivity index (χ4v) is 1.43. The highest BCUT2D eigenvalue weighted by Crippen LogP contribution is 2.25. The van der Waals surface area contributed by atoms with Crippen LogP contribution in [0.5, 0.6) is 0 Å². The van der Waals surface area contributed by atoms with Crippen LogP contribution in [-0.4, -0.2) is 7.11 Å². The number of nitrogens with one attached hydrogen (secondary N) is 1. The third-order valence-corrected chi connectivity index (χ3v) is 2.11. The van der Waals surface area contributed by atoms with Gasteiger partial charge in [-0.25, -0.2) is 0 Å². The molecule has 1 aliphatic heterocycles. The van der Waals surface area contributed by atoms with Gasteiger partial charge in [0.05, 0.1) is 7.11 Å². The van der Waals surface area contributed by atoms with Crippen molar-refractivity contribution in [1.29, 1.82) is 0 Å². The second kappa shape index (κ2) is 3.11. The SMILES string of the molecule is COC1=CNC(N)c2c[c]ccc21. The average Bonchev–Trinajstić information content (AvgIpc) is 2.19. The van der Waals surface area contributed by atoms with Gasteiger partial charge in [0.1, 0.15) is 11.9 Å². The lowest BCUT2D eigenvalue weighted by Crippen LogP contribution is -2.28. The lowest BCUT2D eigenvalue weighted by Gasteiger charge is -2.22. The zero-order chi connectivity index (χ0) is 9.26. The van der Waals surface area contributed by atoms with Crippen LogP contribution in [0.15, 0.2) is 24.4 Å². The van der Waals surface area contributed by atoms with Gasteiger partial charge in [-0.3, -0.25) is 0 Å². The molecule has 0 spiro atoms. The number of hydrogen-bond donors (Lipinski definition) is 2. The van der Waals surface area contributed by atoms with Crippen molar-refractivity contribution in [2.24, 2.45) is 5.73 Å². The van der Waals surface area contributed by atoms with Gasteiger partial charge in [0.25, 0.3) is 0 Å². The summed E-state index contributed by atoms with van der Waals surface area (Å²) in [4.78, 5) is 0. The molecule has 1 unspecified atom stereocenters. The first kappa shape index (κ1) is 8.13. The van der Waals surface area contributed by atoms with Crippen molar-refractivity contribution < 1.29 is 4.74 Å². The molecule has 0 saturated carbocycles. The van der Waals surface area contributed by atoms with Gasteiger partial charge in [-0.05, 0) is 12.1 Å². The van der Waals surface area contributed by atoms with Crippen molar-refractivity contribution in [3.63, 3.8) is 0 Å². The molecule has 13 heavy (non-hydrogen) atoms. The van der Waals surface area contributed by atoms with Gasteiger partial charge in [0.2, 0.25) is 0 Å². The van der Waals surface area contributed by atoms with Crippen LogP contribution >= 0.6 is 0 Å². The highest BCUT2D eigenvalue weighted by Gasteiger charge is 2.17. The zero-order valence-electron chi connectivity index (χ0n) is 7.37. The molecule has 3 nitrogen and oxygen atoms in total. The standard InChI is InChI=1S/C10H11N2O/c1-13-9-6-12-10(11)8-5-3-2-4-7(8)9/h2,4-6,10,12H,11H2,1H3. The number of nitrogens with two attached hydrogens (primary N) is 1. The first-order chi connectivity index (χ1) is 6.33. The van der Waals surface area contributed by atoms with E-state index >= 15 is 0 Å². The van der Waals surface area contributed by atoms with E-state index in [-0.39, 0.29) is 6.17 Å². The van der Waals surface area contributed by atoms with Crippen molar-refractivity contribution in [1.82, 2.24) is 5.32 Å². The van der Waals surface area contributed by atoms with Gasteiger partial charge in [0.15, 0.2) is 0 Å². The molecule has 1 aromatic carbocycles. The predicted octanol–water partition coefficient (Wildman–Crippen LogP) is 0.992. The maximum atomic E-state index is 5.83. The van der Waals surface area contributed by atoms with E-state index in [1.54, 1.807) is 13.3 Å². The van der Waals surface area contributed by atoms with E-state index in [1.165, 1.54) is 0 Å². The van der Waals surface area contributed by atoms with Crippen molar-refractivity contribution in [3.05, 3.63) is 41.6 Å². The van der Waals surface area contributed by atoms with Crippen LogP contribution < -0.4 is 11.1 Å². The fraction of sp³-hybridized carbons (Fsp3) is 0.200. The summed E-state index contributed by atoms with van der Waals surface area (Å²) in [5.41, 5.74) is 7.88. The molecule has 1 aromatic rings. The van der Waals surface area contributed by atoms with E-state index in [9.17, 15) is 0 Å². The molecule has 1 atom stereocenters. The molecular formula is C10H11N2O. The Morgan fingerprint density at radius 1 is 1.62 bits per heavy atom. The van der Waals surface area contributed by atoms with Crippen molar-refractivity contribution in [3.8, 4) is 0 Å². The molecule has 1 aliphatic rings. The maximum absolute atomic E-state index is 5.83. The number of fused-ring (bicyclic) bond motifs is 1. The van der Waals surface area contributed by atoms with Crippen molar-refractivity contribution in [2.45, 2.75) is 6.17 Å². The van der Waals surface area contributed by atoms with Gasteiger partial charge in [0, 0.05) is 17.3 Å². The summed E-state index contributed by atoms with van der Waals surface area (Å²) in [7, 11) is 1.64. The molecule has 0 bridgehead atoms. The summed E-state index contributed by atoms with van der Waals surface area (Å²) in [6.07, 6.45) is 1.62. The molecule has 0 amide bonds. The Morgan fingerprint density at radius 3 is 3.23 bits per heavy atom. The summed E-state index contributed by atoms with van der Waals surface area (Å²) in [5.74, 6) is 0.811. The topological polar surface area (TPSA) is 47.3 Å². The second-order valence-electron chi connectivity index (χ2n) is 2.87. The van der Waals surface area contributed by atoms with Gasteiger partial charge >= 0.3 is 0 Å². The first-order valence-electron chi connectivity index (χ1n) is 4.09. The van der Waals surface area contributed by atoms with Crippen LogP contribution in [0.2, 0.25) is 0 Å². The Balaban J connectivity index is 2.52. The predicted molar refractivity (Wildman–Crippen MR) is 50.3 cm³/mol. The van der Waals surface area contributed by atoms with Crippen LogP contribution in [0.25, 0.3) is 5.76 Å². The average molecular weight is 175 g/mol. The zero-order valence-corrected chi connectivity index (χ0v) is 7.37. The third-order valence-electron chi connectivity index (χ3n) is 2.11. The molecule has 67 valence electrons. The number of hydrogen-bond acceptors (Lipinski definition) is 3. The number of ether oxygens (including phenoxy) is 1. The summed E-state index contributed by atoms with van der Waals surface area (Å²) in [6, 6.07) is 8.67. The summed E-state index contributed by atoms with van der Waals surface area (Å²) in [6.45, 7) is 0. The Bertz CT molecular complexity index is 347. The highest BCUT2D eigenvalue weighted by atomic mass is 16.5. The summed E-state index contributed by atoms with van der Waals surface area (Å²) in [5, 5.41) is 3.01. The van der Waals surface area contributed by atoms with Crippen LogP contribution in [0, 0.1) is 6.07 Å². The molecule has 0 aromatic heterocycles. The summed E-state index contributed by atoms with van der Waals surface area (Å²) >= 11 is 0. The molecule has 2 rings (SSSR count).